The minimum Gasteiger partial charge on any atom is -0.336 e. The molecule has 186 valence electrons. The molecule has 2 amide bonds. The van der Waals surface area contributed by atoms with Crippen LogP contribution >= 0.6 is 23.2 Å². The summed E-state index contributed by atoms with van der Waals surface area (Å²) in [5, 5.41) is -0.361. The van der Waals surface area contributed by atoms with Crippen molar-refractivity contribution < 1.29 is 14.0 Å². The van der Waals surface area contributed by atoms with Crippen LogP contribution in [0.2, 0.25) is 10.0 Å². The minimum absolute atomic E-state index is 0.00891. The average molecular weight is 527 g/mol. The van der Waals surface area contributed by atoms with E-state index in [2.05, 4.69) is 9.88 Å². The van der Waals surface area contributed by atoms with E-state index < -0.39 is 5.82 Å². The zero-order valence-corrected chi connectivity index (χ0v) is 21.3. The zero-order valence-electron chi connectivity index (χ0n) is 19.8. The molecule has 2 aliphatic rings. The van der Waals surface area contributed by atoms with Gasteiger partial charge in [-0.15, -0.1) is 0 Å². The highest BCUT2D eigenvalue weighted by molar-refractivity contribution is 6.35. The molecule has 2 aliphatic heterocycles. The van der Waals surface area contributed by atoms with Crippen LogP contribution in [0, 0.1) is 12.7 Å². The van der Waals surface area contributed by atoms with Crippen molar-refractivity contribution in [3.8, 4) is 11.3 Å². The second-order valence-electron chi connectivity index (χ2n) is 9.16. The highest BCUT2D eigenvalue weighted by Gasteiger charge is 2.36. The fraction of sp³-hybridized carbons (Fsp3) is 0.296. The van der Waals surface area contributed by atoms with Crippen LogP contribution in [0.3, 0.4) is 0 Å². The molecule has 2 fully saturated rings. The summed E-state index contributed by atoms with van der Waals surface area (Å²) in [6, 6.07) is 14.1. The average Bonchev–Trinajstić information content (AvgIpc) is 2.90. The van der Waals surface area contributed by atoms with Gasteiger partial charge in [0.25, 0.3) is 11.8 Å². The molecular weight excluding hydrogens is 502 g/mol. The predicted molar refractivity (Wildman–Crippen MR) is 138 cm³/mol. The van der Waals surface area contributed by atoms with Crippen molar-refractivity contribution in [1.82, 2.24) is 19.7 Å². The lowest BCUT2D eigenvalue weighted by Gasteiger charge is -2.47. The molecule has 0 bridgehead atoms. The number of amides is 2. The molecule has 0 radical (unpaired) electrons. The quantitative estimate of drug-likeness (QED) is 0.460. The van der Waals surface area contributed by atoms with Gasteiger partial charge >= 0.3 is 0 Å². The van der Waals surface area contributed by atoms with Crippen molar-refractivity contribution in [2.45, 2.75) is 13.0 Å². The summed E-state index contributed by atoms with van der Waals surface area (Å²) in [4.78, 5) is 37.2. The number of rotatable bonds is 3. The number of halogens is 3. The molecule has 0 spiro atoms. The summed E-state index contributed by atoms with van der Waals surface area (Å²) < 4.78 is 13.8. The summed E-state index contributed by atoms with van der Waals surface area (Å²) in [6.07, 6.45) is 1.70. The molecule has 2 saturated heterocycles. The van der Waals surface area contributed by atoms with Gasteiger partial charge in [-0.3, -0.25) is 19.5 Å². The Morgan fingerprint density at radius 2 is 1.56 bits per heavy atom. The Morgan fingerprint density at radius 3 is 2.22 bits per heavy atom. The number of benzene rings is 2. The van der Waals surface area contributed by atoms with E-state index in [1.54, 1.807) is 17.2 Å². The van der Waals surface area contributed by atoms with Gasteiger partial charge in [0.05, 0.1) is 21.3 Å². The molecule has 2 aromatic carbocycles. The third-order valence-electron chi connectivity index (χ3n) is 6.94. The topological polar surface area (TPSA) is 56.8 Å². The molecule has 1 aromatic heterocycles. The number of hydrogen-bond acceptors (Lipinski definition) is 4. The zero-order chi connectivity index (χ0) is 25.4. The maximum absolute atomic E-state index is 13.8. The number of carbonyl (C=O) groups excluding carboxylic acids is 2. The predicted octanol–water partition coefficient (Wildman–Crippen LogP) is 4.79. The van der Waals surface area contributed by atoms with Gasteiger partial charge < -0.3 is 9.80 Å². The summed E-state index contributed by atoms with van der Waals surface area (Å²) in [7, 11) is 0. The van der Waals surface area contributed by atoms with E-state index in [-0.39, 0.29) is 33.5 Å². The van der Waals surface area contributed by atoms with Crippen LogP contribution in [0.15, 0.2) is 54.7 Å². The van der Waals surface area contributed by atoms with E-state index in [1.807, 2.05) is 42.2 Å². The van der Waals surface area contributed by atoms with Crippen LogP contribution in [0.25, 0.3) is 11.3 Å². The number of piperazine rings is 2. The van der Waals surface area contributed by atoms with Crippen LogP contribution in [0.5, 0.6) is 0 Å². The highest BCUT2D eigenvalue weighted by Crippen LogP contribution is 2.28. The number of fused-ring (bicyclic) bond motifs is 1. The lowest BCUT2D eigenvalue weighted by atomic mass is 9.99. The lowest BCUT2D eigenvalue weighted by Crippen LogP contribution is -2.63. The third kappa shape index (κ3) is 4.71. The Labute approximate surface area is 219 Å². The van der Waals surface area contributed by atoms with E-state index >= 15 is 0 Å². The van der Waals surface area contributed by atoms with Crippen molar-refractivity contribution in [3.63, 3.8) is 0 Å². The van der Waals surface area contributed by atoms with E-state index in [0.29, 0.717) is 44.0 Å². The van der Waals surface area contributed by atoms with Crippen LogP contribution in [0.4, 0.5) is 4.39 Å². The van der Waals surface area contributed by atoms with E-state index in [9.17, 15) is 14.0 Å². The normalized spacial score (nSPS) is 18.2. The van der Waals surface area contributed by atoms with Gasteiger partial charge in [0.1, 0.15) is 0 Å². The molecular formula is C27H25Cl2FN4O2. The molecule has 5 rings (SSSR count). The lowest BCUT2D eigenvalue weighted by molar-refractivity contribution is 0.0131. The number of nitrogens with zero attached hydrogens (tertiary/aromatic N) is 4. The van der Waals surface area contributed by atoms with Gasteiger partial charge in [-0.05, 0) is 36.8 Å². The molecule has 0 aliphatic carbocycles. The van der Waals surface area contributed by atoms with Gasteiger partial charge in [-0.25, -0.2) is 4.39 Å². The highest BCUT2D eigenvalue weighted by atomic mass is 35.5. The van der Waals surface area contributed by atoms with Gasteiger partial charge in [0.2, 0.25) is 0 Å². The molecule has 1 unspecified atom stereocenters. The van der Waals surface area contributed by atoms with E-state index in [4.69, 9.17) is 23.2 Å². The SMILES string of the molecule is Cc1ccccc1-c1ncccc1C(=O)N1CCN2CCN(C(=O)c3cc(Cl)c(F)c(Cl)c3)CC2C1. The Morgan fingerprint density at radius 1 is 0.917 bits per heavy atom. The number of carbonyl (C=O) groups is 2. The molecule has 1 atom stereocenters. The van der Waals surface area contributed by atoms with E-state index in [1.165, 1.54) is 12.1 Å². The second kappa shape index (κ2) is 10.2. The first-order valence-corrected chi connectivity index (χ1v) is 12.6. The number of aromatic nitrogens is 1. The van der Waals surface area contributed by atoms with Crippen molar-refractivity contribution in [1.29, 1.82) is 0 Å². The van der Waals surface area contributed by atoms with Crippen molar-refractivity contribution >= 4 is 35.0 Å². The molecule has 3 aromatic rings. The largest absolute Gasteiger partial charge is 0.336 e. The Bertz CT molecular complexity index is 1310. The summed E-state index contributed by atoms with van der Waals surface area (Å²) in [5.41, 5.74) is 3.48. The van der Waals surface area contributed by atoms with Crippen molar-refractivity contribution in [2.75, 3.05) is 39.3 Å². The Balaban J connectivity index is 1.34. The third-order valence-corrected chi connectivity index (χ3v) is 7.49. The maximum atomic E-state index is 13.8. The molecule has 0 saturated carbocycles. The van der Waals surface area contributed by atoms with Gasteiger partial charge in [0.15, 0.2) is 5.82 Å². The fourth-order valence-corrected chi connectivity index (χ4v) is 5.47. The van der Waals surface area contributed by atoms with Crippen molar-refractivity contribution in [3.05, 3.63) is 87.3 Å². The molecule has 9 heteroatoms. The molecule has 0 N–H and O–H groups in total. The monoisotopic (exact) mass is 526 g/mol. The molecule has 3 heterocycles. The van der Waals surface area contributed by atoms with Crippen LogP contribution in [-0.4, -0.2) is 76.8 Å². The van der Waals surface area contributed by atoms with Crippen LogP contribution in [-0.2, 0) is 0 Å². The smallest absolute Gasteiger partial charge is 0.256 e. The number of aryl methyl sites for hydroxylation is 1. The van der Waals surface area contributed by atoms with Crippen LogP contribution in [0.1, 0.15) is 26.3 Å². The van der Waals surface area contributed by atoms with E-state index in [0.717, 1.165) is 17.7 Å². The van der Waals surface area contributed by atoms with Gasteiger partial charge in [-0.2, -0.15) is 0 Å². The first-order valence-electron chi connectivity index (χ1n) is 11.8. The van der Waals surface area contributed by atoms with Gasteiger partial charge in [0, 0.05) is 62.6 Å². The first-order chi connectivity index (χ1) is 17.3. The fourth-order valence-electron chi connectivity index (χ4n) is 4.99. The molecule has 6 nitrogen and oxygen atoms in total. The molecule has 36 heavy (non-hydrogen) atoms. The van der Waals surface area contributed by atoms with Crippen LogP contribution < -0.4 is 0 Å². The summed E-state index contributed by atoms with van der Waals surface area (Å²) in [6.45, 7) is 5.52. The maximum Gasteiger partial charge on any atom is 0.256 e. The Hall–Kier alpha value is -3.00. The number of pyridine rings is 1. The van der Waals surface area contributed by atoms with Crippen molar-refractivity contribution in [2.24, 2.45) is 0 Å². The second-order valence-corrected chi connectivity index (χ2v) is 9.97. The summed E-state index contributed by atoms with van der Waals surface area (Å²) >= 11 is 11.8. The Kier molecular flexibility index (Phi) is 6.97. The standard InChI is InChI=1S/C27H25Cl2FN4O2/c1-17-5-2-3-6-20(17)25-21(7-4-8-31-25)27(36)34-12-10-32-9-11-33(15-19(32)16-34)26(35)18-13-22(28)24(30)23(29)14-18/h2-8,13-14,19H,9-12,15-16H2,1H3. The van der Waals surface area contributed by atoms with Gasteiger partial charge in [-0.1, -0.05) is 47.5 Å². The minimum atomic E-state index is -0.735. The summed E-state index contributed by atoms with van der Waals surface area (Å²) in [5.74, 6) is -1.06. The number of hydrogen-bond donors (Lipinski definition) is 0. The first kappa shape index (κ1) is 24.7.